The molecule has 0 saturated carbocycles. The topological polar surface area (TPSA) is 38.3 Å². The SMILES string of the molecule is Cc1cc(Br)ccc1C(=O)NCCCOCCc1ccccc1. The summed E-state index contributed by atoms with van der Waals surface area (Å²) in [5, 5.41) is 2.93. The molecule has 0 bridgehead atoms. The van der Waals surface area contributed by atoms with Gasteiger partial charge in [-0.15, -0.1) is 0 Å². The molecule has 23 heavy (non-hydrogen) atoms. The Hall–Kier alpha value is -1.65. The Labute approximate surface area is 146 Å². The number of hydrogen-bond acceptors (Lipinski definition) is 2. The Bertz CT molecular complexity index is 629. The maximum Gasteiger partial charge on any atom is 0.251 e. The zero-order chi connectivity index (χ0) is 16.5. The van der Waals surface area contributed by atoms with Crippen molar-refractivity contribution in [2.45, 2.75) is 19.8 Å². The van der Waals surface area contributed by atoms with E-state index in [0.717, 1.165) is 28.4 Å². The van der Waals surface area contributed by atoms with E-state index in [1.807, 2.05) is 43.3 Å². The van der Waals surface area contributed by atoms with E-state index in [0.29, 0.717) is 19.8 Å². The monoisotopic (exact) mass is 375 g/mol. The van der Waals surface area contributed by atoms with Crippen LogP contribution >= 0.6 is 15.9 Å². The van der Waals surface area contributed by atoms with E-state index < -0.39 is 0 Å². The summed E-state index contributed by atoms with van der Waals surface area (Å²) in [5.74, 6) is -0.0284. The fourth-order valence-corrected chi connectivity index (χ4v) is 2.77. The molecule has 0 heterocycles. The molecule has 4 heteroatoms. The molecule has 3 nitrogen and oxygen atoms in total. The first-order valence-corrected chi connectivity index (χ1v) is 8.62. The fourth-order valence-electron chi connectivity index (χ4n) is 2.29. The lowest BCUT2D eigenvalue weighted by Crippen LogP contribution is -2.26. The number of aryl methyl sites for hydroxylation is 1. The summed E-state index contributed by atoms with van der Waals surface area (Å²) in [6.45, 7) is 3.93. The Balaban J connectivity index is 1.59. The first kappa shape index (κ1) is 17.7. The van der Waals surface area contributed by atoms with Crippen LogP contribution in [0.15, 0.2) is 53.0 Å². The number of hydrogen-bond donors (Lipinski definition) is 1. The van der Waals surface area contributed by atoms with Crippen molar-refractivity contribution in [3.63, 3.8) is 0 Å². The van der Waals surface area contributed by atoms with Crippen molar-refractivity contribution in [3.05, 3.63) is 69.7 Å². The van der Waals surface area contributed by atoms with E-state index in [2.05, 4.69) is 33.4 Å². The third-order valence-electron chi connectivity index (χ3n) is 3.56. The second-order valence-corrected chi connectivity index (χ2v) is 6.33. The van der Waals surface area contributed by atoms with Gasteiger partial charge in [0.1, 0.15) is 0 Å². The molecule has 0 radical (unpaired) electrons. The molecule has 0 aliphatic carbocycles. The van der Waals surface area contributed by atoms with Crippen LogP contribution in [0, 0.1) is 6.92 Å². The number of ether oxygens (including phenoxy) is 1. The molecule has 2 rings (SSSR count). The van der Waals surface area contributed by atoms with Crippen LogP contribution in [0.2, 0.25) is 0 Å². The predicted octanol–water partition coefficient (Wildman–Crippen LogP) is 4.14. The van der Waals surface area contributed by atoms with Crippen molar-refractivity contribution in [2.24, 2.45) is 0 Å². The molecule has 1 amide bonds. The van der Waals surface area contributed by atoms with Crippen LogP contribution in [0.25, 0.3) is 0 Å². The van der Waals surface area contributed by atoms with Gasteiger partial charge in [-0.3, -0.25) is 4.79 Å². The van der Waals surface area contributed by atoms with Gasteiger partial charge in [-0.2, -0.15) is 0 Å². The van der Waals surface area contributed by atoms with Crippen molar-refractivity contribution in [1.29, 1.82) is 0 Å². The quantitative estimate of drug-likeness (QED) is 0.704. The summed E-state index contributed by atoms with van der Waals surface area (Å²) >= 11 is 3.40. The highest BCUT2D eigenvalue weighted by atomic mass is 79.9. The van der Waals surface area contributed by atoms with Crippen LogP contribution in [-0.2, 0) is 11.2 Å². The largest absolute Gasteiger partial charge is 0.381 e. The number of carbonyl (C=O) groups is 1. The number of amides is 1. The predicted molar refractivity (Wildman–Crippen MR) is 96.8 cm³/mol. The Kier molecular flexibility index (Phi) is 7.30. The molecular weight excluding hydrogens is 354 g/mol. The molecule has 0 aliphatic heterocycles. The average Bonchev–Trinajstić information content (AvgIpc) is 2.54. The van der Waals surface area contributed by atoms with E-state index in [9.17, 15) is 4.79 Å². The van der Waals surface area contributed by atoms with E-state index in [1.165, 1.54) is 5.56 Å². The van der Waals surface area contributed by atoms with Gasteiger partial charge in [0.15, 0.2) is 0 Å². The van der Waals surface area contributed by atoms with Gasteiger partial charge in [-0.05, 0) is 49.1 Å². The molecule has 0 saturated heterocycles. The molecule has 2 aromatic rings. The van der Waals surface area contributed by atoms with Crippen LogP contribution in [-0.4, -0.2) is 25.7 Å². The van der Waals surface area contributed by atoms with E-state index in [1.54, 1.807) is 0 Å². The molecular formula is C19H22BrNO2. The van der Waals surface area contributed by atoms with Crippen molar-refractivity contribution in [2.75, 3.05) is 19.8 Å². The van der Waals surface area contributed by atoms with Crippen LogP contribution < -0.4 is 5.32 Å². The van der Waals surface area contributed by atoms with Crippen molar-refractivity contribution < 1.29 is 9.53 Å². The third-order valence-corrected chi connectivity index (χ3v) is 4.06. The zero-order valence-corrected chi connectivity index (χ0v) is 14.9. The highest BCUT2D eigenvalue weighted by Gasteiger charge is 2.08. The number of halogens is 1. The molecule has 0 unspecified atom stereocenters. The summed E-state index contributed by atoms with van der Waals surface area (Å²) in [4.78, 5) is 12.1. The second-order valence-electron chi connectivity index (χ2n) is 5.42. The maximum absolute atomic E-state index is 12.1. The number of rotatable bonds is 8. The lowest BCUT2D eigenvalue weighted by atomic mass is 10.1. The van der Waals surface area contributed by atoms with Crippen molar-refractivity contribution in [3.8, 4) is 0 Å². The van der Waals surface area contributed by atoms with Crippen LogP contribution in [0.4, 0.5) is 0 Å². The third kappa shape index (κ3) is 6.16. The fraction of sp³-hybridized carbons (Fsp3) is 0.316. The van der Waals surface area contributed by atoms with Crippen molar-refractivity contribution >= 4 is 21.8 Å². The van der Waals surface area contributed by atoms with Crippen LogP contribution in [0.5, 0.6) is 0 Å². The Morgan fingerprint density at radius 1 is 1.13 bits per heavy atom. The van der Waals surface area contributed by atoms with Gasteiger partial charge in [0, 0.05) is 23.2 Å². The number of carbonyl (C=O) groups excluding carboxylic acids is 1. The minimum Gasteiger partial charge on any atom is -0.381 e. The summed E-state index contributed by atoms with van der Waals surface area (Å²) in [6, 6.07) is 16.0. The minimum absolute atomic E-state index is 0.0284. The molecule has 0 aromatic heterocycles. The van der Waals surface area contributed by atoms with Gasteiger partial charge in [0.25, 0.3) is 5.91 Å². The van der Waals surface area contributed by atoms with Crippen LogP contribution in [0.1, 0.15) is 27.9 Å². The van der Waals surface area contributed by atoms with Gasteiger partial charge >= 0.3 is 0 Å². The summed E-state index contributed by atoms with van der Waals surface area (Å²) < 4.78 is 6.59. The van der Waals surface area contributed by atoms with E-state index in [4.69, 9.17) is 4.74 Å². The number of nitrogens with one attached hydrogen (secondary N) is 1. The summed E-state index contributed by atoms with van der Waals surface area (Å²) in [6.07, 6.45) is 1.74. The standard InChI is InChI=1S/C19H22BrNO2/c1-15-14-17(20)8-9-18(15)19(22)21-11-5-12-23-13-10-16-6-3-2-4-7-16/h2-4,6-9,14H,5,10-13H2,1H3,(H,21,22). The van der Waals surface area contributed by atoms with Gasteiger partial charge in [-0.1, -0.05) is 46.3 Å². The number of benzene rings is 2. The van der Waals surface area contributed by atoms with Gasteiger partial charge < -0.3 is 10.1 Å². The Morgan fingerprint density at radius 3 is 2.65 bits per heavy atom. The van der Waals surface area contributed by atoms with Crippen LogP contribution in [0.3, 0.4) is 0 Å². The lowest BCUT2D eigenvalue weighted by molar-refractivity contribution is 0.0941. The maximum atomic E-state index is 12.1. The molecule has 0 atom stereocenters. The zero-order valence-electron chi connectivity index (χ0n) is 13.3. The average molecular weight is 376 g/mol. The van der Waals surface area contributed by atoms with E-state index in [-0.39, 0.29) is 5.91 Å². The highest BCUT2D eigenvalue weighted by Crippen LogP contribution is 2.15. The molecule has 0 fully saturated rings. The molecule has 0 spiro atoms. The summed E-state index contributed by atoms with van der Waals surface area (Å²) in [5.41, 5.74) is 2.97. The molecule has 0 aliphatic rings. The van der Waals surface area contributed by atoms with Crippen molar-refractivity contribution in [1.82, 2.24) is 5.32 Å². The lowest BCUT2D eigenvalue weighted by Gasteiger charge is -2.08. The smallest absolute Gasteiger partial charge is 0.251 e. The van der Waals surface area contributed by atoms with Gasteiger partial charge in [0.2, 0.25) is 0 Å². The molecule has 1 N–H and O–H groups in total. The first-order chi connectivity index (χ1) is 11.2. The second kappa shape index (κ2) is 9.48. The molecule has 122 valence electrons. The van der Waals surface area contributed by atoms with E-state index >= 15 is 0 Å². The van der Waals surface area contributed by atoms with Gasteiger partial charge in [-0.25, -0.2) is 0 Å². The normalized spacial score (nSPS) is 10.5. The highest BCUT2D eigenvalue weighted by molar-refractivity contribution is 9.10. The molecule has 2 aromatic carbocycles. The minimum atomic E-state index is -0.0284. The summed E-state index contributed by atoms with van der Waals surface area (Å²) in [7, 11) is 0. The Morgan fingerprint density at radius 2 is 1.91 bits per heavy atom. The first-order valence-electron chi connectivity index (χ1n) is 7.83. The van der Waals surface area contributed by atoms with Gasteiger partial charge in [0.05, 0.1) is 6.61 Å².